The first-order chi connectivity index (χ1) is 18.6. The number of rotatable bonds is 12. The van der Waals surface area contributed by atoms with Gasteiger partial charge in [-0.15, -0.1) is 0 Å². The molecule has 3 aromatic rings. The van der Waals surface area contributed by atoms with E-state index < -0.39 is 50.3 Å². The predicted octanol–water partition coefficient (Wildman–Crippen LogP) is 1.07. The summed E-state index contributed by atoms with van der Waals surface area (Å²) in [6, 6.07) is 10.4. The standard InChI is InChI=1S/C24H31N6O8P/c1-4-35-23(33)15(2)29-39(34,38-16-8-6-5-7-9-16)36-12-18-20(31)21(32)24(37-18,13-26-3)19-11-10-17-22(25)27-14-28-30(17)19/h5-11,14-15,18,20-21,31-32H,3-4,12-13H2,1-2H3,(H,29,34)(H2,25,27,28)/t15-,18+,20+,21+,24-,39?/m0/s1. The number of hydrogen-bond acceptors (Lipinski definition) is 12. The van der Waals surface area contributed by atoms with Crippen LogP contribution in [0.5, 0.6) is 5.75 Å². The number of aliphatic hydroxyl groups is 2. The van der Waals surface area contributed by atoms with Gasteiger partial charge < -0.3 is 29.9 Å². The molecule has 0 spiro atoms. The van der Waals surface area contributed by atoms with Gasteiger partial charge in [0.1, 0.15) is 41.9 Å². The molecule has 5 N–H and O–H groups in total. The summed E-state index contributed by atoms with van der Waals surface area (Å²) in [7, 11) is -4.24. The Labute approximate surface area is 224 Å². The molecule has 210 valence electrons. The van der Waals surface area contributed by atoms with Crippen LogP contribution in [0.25, 0.3) is 5.52 Å². The lowest BCUT2D eigenvalue weighted by Gasteiger charge is -2.30. The van der Waals surface area contributed by atoms with Crippen LogP contribution in [0, 0.1) is 0 Å². The molecule has 1 unspecified atom stereocenters. The number of fused-ring (bicyclic) bond motifs is 1. The first kappa shape index (κ1) is 28.6. The van der Waals surface area contributed by atoms with Crippen LogP contribution in [0.15, 0.2) is 53.8 Å². The number of aliphatic hydroxyl groups excluding tert-OH is 2. The number of nitrogens with zero attached hydrogens (tertiary/aromatic N) is 4. The Bertz CT molecular complexity index is 1360. The minimum absolute atomic E-state index is 0.125. The zero-order chi connectivity index (χ0) is 28.2. The summed E-state index contributed by atoms with van der Waals surface area (Å²) >= 11 is 0. The Morgan fingerprint density at radius 1 is 1.33 bits per heavy atom. The summed E-state index contributed by atoms with van der Waals surface area (Å²) in [6.07, 6.45) is -2.96. The van der Waals surface area contributed by atoms with Gasteiger partial charge in [0.25, 0.3) is 0 Å². The van der Waals surface area contributed by atoms with Gasteiger partial charge in [-0.25, -0.2) is 14.1 Å². The van der Waals surface area contributed by atoms with E-state index in [-0.39, 0.29) is 24.7 Å². The molecule has 1 fully saturated rings. The van der Waals surface area contributed by atoms with E-state index in [0.29, 0.717) is 11.2 Å². The van der Waals surface area contributed by atoms with Crippen molar-refractivity contribution < 1.29 is 38.1 Å². The fourth-order valence-corrected chi connectivity index (χ4v) is 5.83. The molecule has 0 radical (unpaired) electrons. The molecule has 3 heterocycles. The number of nitrogen functional groups attached to an aromatic ring is 1. The molecule has 2 aromatic heterocycles. The Balaban J connectivity index is 1.60. The number of anilines is 1. The van der Waals surface area contributed by atoms with E-state index in [0.717, 1.165) is 0 Å². The molecule has 0 aliphatic carbocycles. The van der Waals surface area contributed by atoms with Crippen molar-refractivity contribution in [1.82, 2.24) is 19.7 Å². The van der Waals surface area contributed by atoms with E-state index in [9.17, 15) is 19.6 Å². The number of ether oxygens (including phenoxy) is 2. The largest absolute Gasteiger partial charge is 0.465 e. The van der Waals surface area contributed by atoms with E-state index in [4.69, 9.17) is 24.3 Å². The van der Waals surface area contributed by atoms with Crippen LogP contribution in [0.3, 0.4) is 0 Å². The van der Waals surface area contributed by atoms with Gasteiger partial charge in [0.15, 0.2) is 11.4 Å². The third-order valence-corrected chi connectivity index (χ3v) is 7.82. The van der Waals surface area contributed by atoms with Crippen LogP contribution in [0.2, 0.25) is 0 Å². The minimum atomic E-state index is -4.24. The number of aliphatic imine (C=N–C) groups is 1. The minimum Gasteiger partial charge on any atom is -0.465 e. The van der Waals surface area contributed by atoms with Gasteiger partial charge in [0, 0.05) is 0 Å². The maximum absolute atomic E-state index is 13.7. The molecule has 0 saturated carbocycles. The van der Waals surface area contributed by atoms with Crippen molar-refractivity contribution in [2.75, 3.05) is 25.5 Å². The Morgan fingerprint density at radius 3 is 2.77 bits per heavy atom. The van der Waals surface area contributed by atoms with Crippen molar-refractivity contribution in [3.63, 3.8) is 0 Å². The number of hydrogen-bond donors (Lipinski definition) is 4. The average molecular weight is 563 g/mol. The summed E-state index contributed by atoms with van der Waals surface area (Å²) in [5.41, 5.74) is 5.15. The molecule has 39 heavy (non-hydrogen) atoms. The van der Waals surface area contributed by atoms with Gasteiger partial charge >= 0.3 is 13.7 Å². The van der Waals surface area contributed by atoms with Crippen LogP contribution in [-0.4, -0.2) is 81.6 Å². The summed E-state index contributed by atoms with van der Waals surface area (Å²) in [6.45, 7) is 6.08. The highest BCUT2D eigenvalue weighted by Gasteiger charge is 2.57. The highest BCUT2D eigenvalue weighted by atomic mass is 31.2. The van der Waals surface area contributed by atoms with Crippen molar-refractivity contribution in [2.24, 2.45) is 4.99 Å². The van der Waals surface area contributed by atoms with Crippen LogP contribution in [0.4, 0.5) is 5.82 Å². The van der Waals surface area contributed by atoms with Crippen molar-refractivity contribution in [3.05, 3.63) is 54.5 Å². The van der Waals surface area contributed by atoms with Crippen molar-refractivity contribution in [2.45, 2.75) is 43.8 Å². The molecule has 6 atom stereocenters. The van der Waals surface area contributed by atoms with Gasteiger partial charge in [-0.2, -0.15) is 10.2 Å². The highest BCUT2D eigenvalue weighted by molar-refractivity contribution is 7.52. The molecule has 14 nitrogen and oxygen atoms in total. The van der Waals surface area contributed by atoms with E-state index in [1.807, 2.05) is 0 Å². The summed E-state index contributed by atoms with van der Waals surface area (Å²) in [5.74, 6) is -0.255. The normalized spacial score (nSPS) is 25.2. The van der Waals surface area contributed by atoms with E-state index in [2.05, 4.69) is 26.9 Å². The maximum atomic E-state index is 13.7. The Hall–Kier alpha value is -3.39. The fourth-order valence-electron chi connectivity index (χ4n) is 4.32. The number of nitrogens with one attached hydrogen (secondary N) is 1. The predicted molar refractivity (Wildman–Crippen MR) is 140 cm³/mol. The van der Waals surface area contributed by atoms with Crippen LogP contribution >= 0.6 is 7.75 Å². The SMILES string of the molecule is C=NC[C@@]1(c2ccc3c(N)ncnn23)O[C@H](COP(=O)(N[C@@H](C)C(=O)OCC)Oc2ccccc2)[C@@H](O)[C@H]1O. The number of para-hydroxylation sites is 1. The number of carbonyl (C=O) groups excluding carboxylic acids is 1. The molecule has 1 saturated heterocycles. The number of aromatic nitrogens is 3. The second kappa shape index (κ2) is 11.8. The van der Waals surface area contributed by atoms with Crippen molar-refractivity contribution in [3.8, 4) is 5.75 Å². The monoisotopic (exact) mass is 562 g/mol. The second-order valence-electron chi connectivity index (χ2n) is 8.82. The van der Waals surface area contributed by atoms with Gasteiger partial charge in [-0.1, -0.05) is 18.2 Å². The third-order valence-electron chi connectivity index (χ3n) is 6.18. The van der Waals surface area contributed by atoms with Gasteiger partial charge in [0.2, 0.25) is 0 Å². The molecule has 15 heteroatoms. The topological polar surface area (TPSA) is 192 Å². The summed E-state index contributed by atoms with van der Waals surface area (Å²) in [5, 5.41) is 28.9. The molecule has 0 bridgehead atoms. The zero-order valence-electron chi connectivity index (χ0n) is 21.4. The molecular weight excluding hydrogens is 531 g/mol. The molecule has 4 rings (SSSR count). The molecule has 1 aliphatic heterocycles. The second-order valence-corrected chi connectivity index (χ2v) is 10.5. The summed E-state index contributed by atoms with van der Waals surface area (Å²) in [4.78, 5) is 20.1. The molecular formula is C24H31N6O8P. The number of esters is 1. The molecule has 0 amide bonds. The van der Waals surface area contributed by atoms with Gasteiger partial charge in [-0.3, -0.25) is 14.3 Å². The first-order valence-corrected chi connectivity index (χ1v) is 13.7. The smallest absolute Gasteiger partial charge is 0.459 e. The number of nitrogens with two attached hydrogens (primary N) is 1. The van der Waals surface area contributed by atoms with Crippen LogP contribution < -0.4 is 15.3 Å². The third kappa shape index (κ3) is 5.81. The highest BCUT2D eigenvalue weighted by Crippen LogP contribution is 2.47. The van der Waals surface area contributed by atoms with Crippen LogP contribution in [0.1, 0.15) is 19.5 Å². The van der Waals surface area contributed by atoms with E-state index in [1.165, 1.54) is 17.8 Å². The summed E-state index contributed by atoms with van der Waals surface area (Å²) < 4.78 is 37.6. The van der Waals surface area contributed by atoms with Crippen molar-refractivity contribution >= 4 is 31.8 Å². The van der Waals surface area contributed by atoms with Crippen molar-refractivity contribution in [1.29, 1.82) is 0 Å². The Morgan fingerprint density at radius 2 is 2.08 bits per heavy atom. The average Bonchev–Trinajstić information content (AvgIpc) is 3.45. The van der Waals surface area contributed by atoms with Gasteiger partial charge in [-0.05, 0) is 44.8 Å². The van der Waals surface area contributed by atoms with E-state index in [1.54, 1.807) is 49.4 Å². The van der Waals surface area contributed by atoms with Gasteiger partial charge in [0.05, 0.1) is 25.5 Å². The molecule has 1 aromatic carbocycles. The zero-order valence-corrected chi connectivity index (χ0v) is 22.3. The lowest BCUT2D eigenvalue weighted by Crippen LogP contribution is -2.44. The first-order valence-electron chi connectivity index (χ1n) is 12.1. The number of benzene rings is 1. The molecule has 1 aliphatic rings. The quantitative estimate of drug-likeness (QED) is 0.140. The maximum Gasteiger partial charge on any atom is 0.459 e. The fraction of sp³-hybridized carbons (Fsp3) is 0.417. The van der Waals surface area contributed by atoms with Crippen LogP contribution in [-0.2, 0) is 29.0 Å². The van der Waals surface area contributed by atoms with E-state index >= 15 is 0 Å². The number of carbonyl (C=O) groups is 1. The lowest BCUT2D eigenvalue weighted by atomic mass is 9.91. The lowest BCUT2D eigenvalue weighted by molar-refractivity contribution is -0.144. The Kier molecular flexibility index (Phi) is 8.64.